The summed E-state index contributed by atoms with van der Waals surface area (Å²) in [6.45, 7) is 0.537. The highest BCUT2D eigenvalue weighted by Gasteiger charge is 2.30. The Balaban J connectivity index is 1.54. The molecule has 2 aromatic rings. The van der Waals surface area contributed by atoms with Crippen LogP contribution in [0.1, 0.15) is 63.4 Å². The van der Waals surface area contributed by atoms with Gasteiger partial charge in [0.2, 0.25) is 17.7 Å². The third-order valence-corrected chi connectivity index (χ3v) is 8.93. The van der Waals surface area contributed by atoms with Crippen molar-refractivity contribution in [1.29, 1.82) is 0 Å². The van der Waals surface area contributed by atoms with E-state index in [-0.39, 0.29) is 62.4 Å². The van der Waals surface area contributed by atoms with Gasteiger partial charge in [-0.2, -0.15) is 0 Å². The Bertz CT molecular complexity index is 1570. The molecule has 1 fully saturated rings. The first-order valence-corrected chi connectivity index (χ1v) is 17.1. The molecule has 3 atom stereocenters. The molecule has 16 heteroatoms. The van der Waals surface area contributed by atoms with Gasteiger partial charge in [0.1, 0.15) is 19.5 Å². The number of urea groups is 1. The van der Waals surface area contributed by atoms with Crippen LogP contribution in [0.2, 0.25) is 1.41 Å². The summed E-state index contributed by atoms with van der Waals surface area (Å²) in [6, 6.07) is 8.78. The molecule has 1 aliphatic rings. The van der Waals surface area contributed by atoms with E-state index in [1.807, 2.05) is 42.5 Å². The number of nitrogens with one attached hydrogen (secondary N) is 5. The molecule has 278 valence electrons. The number of hydrogen-bond donors (Lipinski definition) is 9. The molecule has 3 rings (SSSR count). The van der Waals surface area contributed by atoms with Crippen LogP contribution in [0, 0.1) is 11.8 Å². The molecule has 0 saturated heterocycles. The van der Waals surface area contributed by atoms with E-state index in [2.05, 4.69) is 32.3 Å². The molecule has 0 radical (unpaired) electrons. The summed E-state index contributed by atoms with van der Waals surface area (Å²) in [5, 5.41) is 42.4. The Kier molecular flexibility index (Phi) is 15.4. The van der Waals surface area contributed by atoms with Crippen LogP contribution in [-0.2, 0) is 35.2 Å². The highest BCUT2D eigenvalue weighted by atomic mass is 16.4. The SMILES string of the molecule is [2H]NCC(=O)NCC1CCC(C(=O)NC(Cc2ccc3ccccc3c2)C(=O)NCCCCC(NC(=O)NC(CCC(=O)O)C(=O)O)C(=O)O)CC1. The summed E-state index contributed by atoms with van der Waals surface area (Å²) in [5.74, 6) is -5.04. The summed E-state index contributed by atoms with van der Waals surface area (Å²) in [5.41, 5.74) is 2.91. The summed E-state index contributed by atoms with van der Waals surface area (Å²) in [6.07, 6.45) is 2.58. The molecule has 0 aliphatic heterocycles. The van der Waals surface area contributed by atoms with Crippen molar-refractivity contribution in [3.63, 3.8) is 0 Å². The molecule has 1 aliphatic carbocycles. The van der Waals surface area contributed by atoms with Gasteiger partial charge < -0.3 is 47.6 Å². The Morgan fingerprint density at radius 1 is 0.784 bits per heavy atom. The fraction of sp³-hybridized carbons (Fsp3) is 0.514. The molecular formula is C35H48N6O10. The smallest absolute Gasteiger partial charge is 0.326 e. The van der Waals surface area contributed by atoms with Crippen LogP contribution in [0.3, 0.4) is 0 Å². The zero-order valence-electron chi connectivity index (χ0n) is 29.3. The molecule has 0 spiro atoms. The lowest BCUT2D eigenvalue weighted by Crippen LogP contribution is -2.51. The highest BCUT2D eigenvalue weighted by molar-refractivity contribution is 5.89. The highest BCUT2D eigenvalue weighted by Crippen LogP contribution is 2.29. The van der Waals surface area contributed by atoms with E-state index in [0.29, 0.717) is 25.8 Å². The zero-order chi connectivity index (χ0) is 38.0. The molecule has 10 N–H and O–H groups in total. The molecule has 16 nitrogen and oxygen atoms in total. The molecule has 1 saturated carbocycles. The number of rotatable bonds is 21. The van der Waals surface area contributed by atoms with Crippen LogP contribution in [0.5, 0.6) is 0 Å². The van der Waals surface area contributed by atoms with E-state index in [9.17, 15) is 43.8 Å². The maximum Gasteiger partial charge on any atom is 0.326 e. The summed E-state index contributed by atoms with van der Waals surface area (Å²) in [4.78, 5) is 84.7. The van der Waals surface area contributed by atoms with Crippen LogP contribution < -0.4 is 32.3 Å². The van der Waals surface area contributed by atoms with Crippen molar-refractivity contribution >= 4 is 52.4 Å². The van der Waals surface area contributed by atoms with Crippen molar-refractivity contribution in [2.24, 2.45) is 17.6 Å². The van der Waals surface area contributed by atoms with Crippen LogP contribution in [0.4, 0.5) is 4.79 Å². The average molecular weight is 714 g/mol. The molecule has 0 aromatic heterocycles. The third-order valence-electron chi connectivity index (χ3n) is 8.93. The van der Waals surface area contributed by atoms with E-state index >= 15 is 0 Å². The van der Waals surface area contributed by atoms with Crippen LogP contribution in [0.25, 0.3) is 10.8 Å². The molecular weight excluding hydrogens is 664 g/mol. The molecule has 0 heterocycles. The number of hydrogen-bond acceptors (Lipinski definition) is 8. The molecule has 0 bridgehead atoms. The lowest BCUT2D eigenvalue weighted by Gasteiger charge is -2.29. The van der Waals surface area contributed by atoms with Gasteiger partial charge in [-0.05, 0) is 73.6 Å². The maximum atomic E-state index is 13.5. The summed E-state index contributed by atoms with van der Waals surface area (Å²) >= 11 is 0. The van der Waals surface area contributed by atoms with Gasteiger partial charge in [0, 0.05) is 31.8 Å². The molecule has 3 unspecified atom stereocenters. The quantitative estimate of drug-likeness (QED) is 0.0827. The fourth-order valence-corrected chi connectivity index (χ4v) is 6.00. The van der Waals surface area contributed by atoms with E-state index in [4.69, 9.17) is 6.52 Å². The number of nitrogens with two attached hydrogens (primary N) is 1. The van der Waals surface area contributed by atoms with Crippen molar-refractivity contribution in [2.45, 2.75) is 82.3 Å². The number of unbranched alkanes of at least 4 members (excludes halogenated alkanes) is 1. The second kappa shape index (κ2) is 20.4. The van der Waals surface area contributed by atoms with Gasteiger partial charge in [0.05, 0.1) is 6.54 Å². The second-order valence-electron chi connectivity index (χ2n) is 12.8. The zero-order valence-corrected chi connectivity index (χ0v) is 28.3. The largest absolute Gasteiger partial charge is 0.481 e. The minimum absolute atomic E-state index is 0.0315. The first kappa shape index (κ1) is 38.6. The maximum absolute atomic E-state index is 13.5. The van der Waals surface area contributed by atoms with Crippen molar-refractivity contribution in [3.8, 4) is 0 Å². The number of carbonyl (C=O) groups is 7. The van der Waals surface area contributed by atoms with Gasteiger partial charge in [-0.25, -0.2) is 14.4 Å². The first-order valence-electron chi connectivity index (χ1n) is 17.6. The predicted molar refractivity (Wildman–Crippen MR) is 185 cm³/mol. The number of fused-ring (bicyclic) bond motifs is 1. The fourth-order valence-electron chi connectivity index (χ4n) is 6.00. The Labute approximate surface area is 296 Å². The van der Waals surface area contributed by atoms with Crippen molar-refractivity contribution in [3.05, 3.63) is 48.0 Å². The number of aliphatic carboxylic acids is 3. The van der Waals surface area contributed by atoms with Crippen molar-refractivity contribution in [2.75, 3.05) is 19.6 Å². The number of amides is 5. The molecule has 2 aromatic carbocycles. The van der Waals surface area contributed by atoms with Gasteiger partial charge >= 0.3 is 23.9 Å². The minimum atomic E-state index is -1.52. The Morgan fingerprint density at radius 3 is 2.10 bits per heavy atom. The van der Waals surface area contributed by atoms with E-state index in [1.165, 1.54) is 0 Å². The van der Waals surface area contributed by atoms with Gasteiger partial charge in [-0.3, -0.25) is 19.2 Å². The van der Waals surface area contributed by atoms with Crippen molar-refractivity contribution < 1.29 is 50.3 Å². The van der Waals surface area contributed by atoms with Gasteiger partial charge in [0.15, 0.2) is 0 Å². The Morgan fingerprint density at radius 2 is 1.45 bits per heavy atom. The number of carbonyl (C=O) groups excluding carboxylic acids is 4. The monoisotopic (exact) mass is 713 g/mol. The Hall–Kier alpha value is -5.25. The standard InChI is InChI=1S/C35H48N6O10/c36-19-29(42)38-20-21-8-12-24(13-9-21)31(45)39-28(18-22-10-11-23-5-1-2-6-25(23)17-22)32(46)37-16-4-3-7-26(33(47)48)40-35(51)41-27(34(49)50)14-15-30(43)44/h1-2,5-6,10-11,17,21,24,26-28H,3-4,7-9,12-16,18-20,36H2,(H,37,46)(H,38,42)(H,39,45)(H,43,44)(H,47,48)(H,49,50)(H2,40,41,51)/i/hD. The predicted octanol–water partition coefficient (Wildman–Crippen LogP) is 1.11. The topological polar surface area (TPSA) is 266 Å². The summed E-state index contributed by atoms with van der Waals surface area (Å²) in [7, 11) is 0. The number of carboxylic acid groups (broad SMARTS) is 3. The molecule has 5 amide bonds. The van der Waals surface area contributed by atoms with Gasteiger partial charge in [0.25, 0.3) is 0 Å². The number of benzene rings is 2. The van der Waals surface area contributed by atoms with E-state index in [1.54, 1.807) is 0 Å². The van der Waals surface area contributed by atoms with Crippen LogP contribution in [-0.4, -0.2) is 94.7 Å². The van der Waals surface area contributed by atoms with Gasteiger partial charge in [-0.15, -0.1) is 0 Å². The van der Waals surface area contributed by atoms with Crippen molar-refractivity contribution in [1.82, 2.24) is 26.6 Å². The van der Waals surface area contributed by atoms with Crippen LogP contribution >= 0.6 is 0 Å². The first-order chi connectivity index (χ1) is 24.9. The second-order valence-corrected chi connectivity index (χ2v) is 12.8. The average Bonchev–Trinajstić information content (AvgIpc) is 3.11. The van der Waals surface area contributed by atoms with Gasteiger partial charge in [-0.1, -0.05) is 42.5 Å². The normalized spacial score (nSPS) is 17.5. The van der Waals surface area contributed by atoms with E-state index in [0.717, 1.165) is 29.2 Å². The summed E-state index contributed by atoms with van der Waals surface area (Å²) < 4.78 is 6.93. The minimum Gasteiger partial charge on any atom is -0.481 e. The number of carboxylic acids is 3. The lowest BCUT2D eigenvalue weighted by atomic mass is 9.81. The molecule has 51 heavy (non-hydrogen) atoms. The van der Waals surface area contributed by atoms with Crippen LogP contribution in [0.15, 0.2) is 42.5 Å². The third kappa shape index (κ3) is 13.9. The van der Waals surface area contributed by atoms with E-state index < -0.39 is 54.4 Å². The lowest BCUT2D eigenvalue weighted by molar-refractivity contribution is -0.141.